The minimum atomic E-state index is -1.38. The van der Waals surface area contributed by atoms with Crippen LogP contribution in [0.4, 0.5) is 10.1 Å². The number of carbonyl (C=O) groups is 1. The van der Waals surface area contributed by atoms with Crippen molar-refractivity contribution in [1.82, 2.24) is 4.57 Å². The Morgan fingerprint density at radius 1 is 1.43 bits per heavy atom. The summed E-state index contributed by atoms with van der Waals surface area (Å²) in [5, 5.41) is 9.86. The molecular weight excluding hydrogens is 365 g/mol. The van der Waals surface area contributed by atoms with Crippen molar-refractivity contribution in [3.05, 3.63) is 34.4 Å². The van der Waals surface area contributed by atoms with E-state index in [4.69, 9.17) is 10.5 Å². The zero-order valence-electron chi connectivity index (χ0n) is 15.6. The summed E-state index contributed by atoms with van der Waals surface area (Å²) in [7, 11) is 0. The molecule has 3 N–H and O–H groups in total. The number of aliphatic carboxylic acids is 1. The zero-order chi connectivity index (χ0) is 19.8. The second-order valence-corrected chi connectivity index (χ2v) is 8.55. The van der Waals surface area contributed by atoms with Gasteiger partial charge in [-0.15, -0.1) is 0 Å². The lowest BCUT2D eigenvalue weighted by atomic mass is 9.66. The average molecular weight is 387 g/mol. The van der Waals surface area contributed by atoms with E-state index in [-0.39, 0.29) is 40.3 Å². The summed E-state index contributed by atoms with van der Waals surface area (Å²) in [6.07, 6.45) is 4.63. The Morgan fingerprint density at radius 3 is 2.79 bits per heavy atom. The first-order chi connectivity index (χ1) is 13.3. The van der Waals surface area contributed by atoms with E-state index in [9.17, 15) is 14.7 Å². The fraction of sp³-hybridized carbons (Fsp3) is 0.500. The van der Waals surface area contributed by atoms with Crippen LogP contribution in [0.25, 0.3) is 10.9 Å². The maximum atomic E-state index is 15.2. The third-order valence-electron chi connectivity index (χ3n) is 6.93. The van der Waals surface area contributed by atoms with Gasteiger partial charge in [0.15, 0.2) is 22.5 Å². The molecule has 7 nitrogen and oxygen atoms in total. The first-order valence-corrected chi connectivity index (χ1v) is 9.52. The van der Waals surface area contributed by atoms with Crippen LogP contribution in [-0.4, -0.2) is 41.4 Å². The minimum absolute atomic E-state index is 0.00865. The molecule has 2 fully saturated rings. The topological polar surface area (TPSA) is 97.8 Å². The minimum Gasteiger partial charge on any atom is -0.486 e. The molecule has 1 unspecified atom stereocenters. The molecule has 1 aliphatic carbocycles. The van der Waals surface area contributed by atoms with Crippen LogP contribution >= 0.6 is 0 Å². The quantitative estimate of drug-likeness (QED) is 0.813. The standard InChI is InChI=1S/C20H22FN3O4/c1-19(18(26)27)10-28-17-15-11(13(25)3-6-24(15)19)7-12(21)16(17)23-8-14(22)20(9-23)4-2-5-20/h3,6-7,14H,2,4-5,8-10,22H2,1H3,(H,26,27)/t14?,19-/m0/s1. The number of halogens is 1. The second-order valence-electron chi connectivity index (χ2n) is 8.55. The number of carboxylic acids is 1. The first-order valence-electron chi connectivity index (χ1n) is 9.52. The lowest BCUT2D eigenvalue weighted by Gasteiger charge is -2.41. The summed E-state index contributed by atoms with van der Waals surface area (Å²) in [4.78, 5) is 26.2. The molecular formula is C20H22FN3O4. The number of anilines is 1. The molecule has 3 aliphatic rings. The molecule has 1 spiro atoms. The highest BCUT2D eigenvalue weighted by Crippen LogP contribution is 2.51. The summed E-state index contributed by atoms with van der Waals surface area (Å²) in [6, 6.07) is 2.42. The Bertz CT molecular complexity index is 1080. The molecule has 1 saturated carbocycles. The van der Waals surface area contributed by atoms with Gasteiger partial charge >= 0.3 is 5.97 Å². The number of hydrogen-bond acceptors (Lipinski definition) is 5. The third-order valence-corrected chi connectivity index (χ3v) is 6.93. The van der Waals surface area contributed by atoms with Gasteiger partial charge in [-0.2, -0.15) is 0 Å². The number of aromatic nitrogens is 1. The molecule has 0 amide bonds. The number of nitrogens with two attached hydrogens (primary N) is 1. The van der Waals surface area contributed by atoms with Gasteiger partial charge in [-0.1, -0.05) is 6.42 Å². The Labute approximate surface area is 160 Å². The molecule has 0 bridgehead atoms. The van der Waals surface area contributed by atoms with Gasteiger partial charge in [-0.05, 0) is 25.8 Å². The predicted molar refractivity (Wildman–Crippen MR) is 101 cm³/mol. The maximum Gasteiger partial charge on any atom is 0.333 e. The molecule has 2 atom stereocenters. The van der Waals surface area contributed by atoms with E-state index in [1.807, 2.05) is 4.90 Å². The van der Waals surface area contributed by atoms with Crippen LogP contribution in [0.5, 0.6) is 5.75 Å². The number of benzene rings is 1. The van der Waals surface area contributed by atoms with Crippen LogP contribution in [0.2, 0.25) is 0 Å². The summed E-state index contributed by atoms with van der Waals surface area (Å²) in [5.41, 5.74) is 5.22. The number of ether oxygens (including phenoxy) is 1. The van der Waals surface area contributed by atoms with Crippen molar-refractivity contribution in [2.24, 2.45) is 11.1 Å². The van der Waals surface area contributed by atoms with Gasteiger partial charge < -0.3 is 25.0 Å². The van der Waals surface area contributed by atoms with Gasteiger partial charge in [0.2, 0.25) is 0 Å². The van der Waals surface area contributed by atoms with Crippen LogP contribution < -0.4 is 20.8 Å². The number of carboxylic acid groups (broad SMARTS) is 1. The largest absolute Gasteiger partial charge is 0.486 e. The van der Waals surface area contributed by atoms with E-state index in [0.717, 1.165) is 19.3 Å². The Hall–Kier alpha value is -2.61. The molecule has 3 heterocycles. The lowest BCUT2D eigenvalue weighted by Crippen LogP contribution is -2.47. The Kier molecular flexibility index (Phi) is 3.42. The van der Waals surface area contributed by atoms with Crippen molar-refractivity contribution in [3.63, 3.8) is 0 Å². The molecule has 8 heteroatoms. The third kappa shape index (κ3) is 2.06. The predicted octanol–water partition coefficient (Wildman–Crippen LogP) is 1.65. The van der Waals surface area contributed by atoms with E-state index in [2.05, 4.69) is 0 Å². The number of hydrogen-bond donors (Lipinski definition) is 2. The van der Waals surface area contributed by atoms with Crippen molar-refractivity contribution >= 4 is 22.6 Å². The SMILES string of the molecule is C[C@@]1(C(=O)O)COc2c(N3CC(N)C4(CCC4)C3)c(F)cc3c(=O)ccn1c23. The molecule has 148 valence electrons. The monoisotopic (exact) mass is 387 g/mol. The van der Waals surface area contributed by atoms with E-state index < -0.39 is 17.3 Å². The van der Waals surface area contributed by atoms with Crippen molar-refractivity contribution < 1.29 is 19.0 Å². The lowest BCUT2D eigenvalue weighted by molar-refractivity contribution is -0.148. The van der Waals surface area contributed by atoms with Crippen molar-refractivity contribution in [2.75, 3.05) is 24.6 Å². The van der Waals surface area contributed by atoms with Gasteiger partial charge in [0.05, 0.1) is 10.9 Å². The average Bonchev–Trinajstić information content (AvgIpc) is 2.96. The molecule has 5 rings (SSSR count). The van der Waals surface area contributed by atoms with Crippen molar-refractivity contribution in [3.8, 4) is 5.75 Å². The van der Waals surface area contributed by atoms with Crippen molar-refractivity contribution in [2.45, 2.75) is 37.8 Å². The van der Waals surface area contributed by atoms with Crippen molar-refractivity contribution in [1.29, 1.82) is 0 Å². The molecule has 0 radical (unpaired) electrons. The smallest absolute Gasteiger partial charge is 0.333 e. The van der Waals surface area contributed by atoms with Crippen LogP contribution in [0.1, 0.15) is 26.2 Å². The van der Waals surface area contributed by atoms with Gasteiger partial charge in [0.1, 0.15) is 12.3 Å². The first kappa shape index (κ1) is 17.5. The second kappa shape index (κ2) is 5.47. The van der Waals surface area contributed by atoms with Gasteiger partial charge in [0, 0.05) is 36.8 Å². The Balaban J connectivity index is 1.75. The van der Waals surface area contributed by atoms with E-state index in [0.29, 0.717) is 18.6 Å². The van der Waals surface area contributed by atoms with Crippen LogP contribution in [0.15, 0.2) is 23.1 Å². The van der Waals surface area contributed by atoms with Crippen LogP contribution in [-0.2, 0) is 10.3 Å². The van der Waals surface area contributed by atoms with E-state index in [1.54, 1.807) is 0 Å². The van der Waals surface area contributed by atoms with Gasteiger partial charge in [-0.25, -0.2) is 9.18 Å². The van der Waals surface area contributed by atoms with Crippen LogP contribution in [0, 0.1) is 11.2 Å². The summed E-state index contributed by atoms with van der Waals surface area (Å²) in [6.45, 7) is 2.52. The molecule has 1 aromatic carbocycles. The van der Waals surface area contributed by atoms with Gasteiger partial charge in [-0.3, -0.25) is 4.79 Å². The zero-order valence-corrected chi connectivity index (χ0v) is 15.6. The molecule has 28 heavy (non-hydrogen) atoms. The van der Waals surface area contributed by atoms with Crippen LogP contribution in [0.3, 0.4) is 0 Å². The summed E-state index contributed by atoms with van der Waals surface area (Å²) >= 11 is 0. The number of pyridine rings is 1. The maximum absolute atomic E-state index is 15.2. The van der Waals surface area contributed by atoms with E-state index in [1.165, 1.54) is 29.8 Å². The summed E-state index contributed by atoms with van der Waals surface area (Å²) < 4.78 is 22.5. The Morgan fingerprint density at radius 2 is 2.18 bits per heavy atom. The highest BCUT2D eigenvalue weighted by atomic mass is 19.1. The van der Waals surface area contributed by atoms with Gasteiger partial charge in [0.25, 0.3) is 0 Å². The fourth-order valence-corrected chi connectivity index (χ4v) is 4.95. The number of nitrogens with zero attached hydrogens (tertiary/aromatic N) is 2. The molecule has 2 aliphatic heterocycles. The molecule has 1 saturated heterocycles. The molecule has 1 aromatic heterocycles. The normalized spacial score (nSPS) is 27.7. The molecule has 2 aromatic rings. The number of rotatable bonds is 2. The summed E-state index contributed by atoms with van der Waals surface area (Å²) in [5.74, 6) is -1.39. The fourth-order valence-electron chi connectivity index (χ4n) is 4.95. The highest BCUT2D eigenvalue weighted by molar-refractivity contribution is 5.94. The highest BCUT2D eigenvalue weighted by Gasteiger charge is 2.50. The van der Waals surface area contributed by atoms with E-state index >= 15 is 4.39 Å².